The minimum absolute atomic E-state index is 0.00378. The molecule has 0 spiro atoms. The van der Waals surface area contributed by atoms with Crippen LogP contribution in [-0.4, -0.2) is 40.0 Å². The SMILES string of the molecule is CCCN[C@H]1C[C@H](n2cc(C)c(=O)[nH]c2=O)O[C@@H]1CO. The average Bonchev–Trinajstić information content (AvgIpc) is 2.83. The zero-order valence-electron chi connectivity index (χ0n) is 11.8. The van der Waals surface area contributed by atoms with Gasteiger partial charge in [0.25, 0.3) is 5.56 Å². The molecule has 2 rings (SSSR count). The van der Waals surface area contributed by atoms with Gasteiger partial charge in [-0.2, -0.15) is 0 Å². The Morgan fingerprint density at radius 3 is 2.95 bits per heavy atom. The number of rotatable bonds is 5. The molecule has 3 atom stereocenters. The second-order valence-corrected chi connectivity index (χ2v) is 5.09. The summed E-state index contributed by atoms with van der Waals surface area (Å²) < 4.78 is 7.09. The largest absolute Gasteiger partial charge is 0.394 e. The van der Waals surface area contributed by atoms with E-state index in [9.17, 15) is 14.7 Å². The molecule has 0 bridgehead atoms. The van der Waals surface area contributed by atoms with Crippen LogP contribution in [0.1, 0.15) is 31.6 Å². The highest BCUT2D eigenvalue weighted by atomic mass is 16.5. The molecular formula is C13H21N3O4. The minimum atomic E-state index is -0.488. The zero-order chi connectivity index (χ0) is 14.7. The number of nitrogens with one attached hydrogen (secondary N) is 2. The number of aliphatic hydroxyl groups is 1. The van der Waals surface area contributed by atoms with Crippen LogP contribution in [0.5, 0.6) is 0 Å². The molecule has 1 saturated heterocycles. The predicted octanol–water partition coefficient (Wildman–Crippen LogP) is -0.507. The van der Waals surface area contributed by atoms with Gasteiger partial charge in [0.05, 0.1) is 12.7 Å². The minimum Gasteiger partial charge on any atom is -0.394 e. The summed E-state index contributed by atoms with van der Waals surface area (Å²) in [6, 6.07) is 0.00378. The normalized spacial score (nSPS) is 26.1. The fraction of sp³-hybridized carbons (Fsp3) is 0.692. The number of aromatic amines is 1. The van der Waals surface area contributed by atoms with E-state index in [0.717, 1.165) is 13.0 Å². The Balaban J connectivity index is 2.20. The van der Waals surface area contributed by atoms with Crippen molar-refractivity contribution in [3.63, 3.8) is 0 Å². The molecule has 1 aliphatic heterocycles. The first kappa shape index (κ1) is 15.0. The number of ether oxygens (including phenoxy) is 1. The molecule has 7 heteroatoms. The van der Waals surface area contributed by atoms with E-state index in [4.69, 9.17) is 4.74 Å². The maximum atomic E-state index is 11.8. The van der Waals surface area contributed by atoms with Crippen molar-refractivity contribution in [3.8, 4) is 0 Å². The fourth-order valence-electron chi connectivity index (χ4n) is 2.42. The second kappa shape index (κ2) is 6.34. The molecule has 1 aromatic rings. The first-order valence-electron chi connectivity index (χ1n) is 6.88. The molecule has 0 unspecified atom stereocenters. The molecule has 0 aromatic carbocycles. The van der Waals surface area contributed by atoms with Crippen molar-refractivity contribution in [1.29, 1.82) is 0 Å². The van der Waals surface area contributed by atoms with Crippen LogP contribution in [-0.2, 0) is 4.74 Å². The van der Waals surface area contributed by atoms with Crippen LogP contribution < -0.4 is 16.6 Å². The highest BCUT2D eigenvalue weighted by Gasteiger charge is 2.35. The van der Waals surface area contributed by atoms with Gasteiger partial charge in [-0.3, -0.25) is 14.3 Å². The Kier molecular flexibility index (Phi) is 4.74. The lowest BCUT2D eigenvalue weighted by atomic mass is 10.1. The summed E-state index contributed by atoms with van der Waals surface area (Å²) in [5.41, 5.74) is -0.416. The highest BCUT2D eigenvalue weighted by Crippen LogP contribution is 2.27. The summed E-state index contributed by atoms with van der Waals surface area (Å²) in [5.74, 6) is 0. The van der Waals surface area contributed by atoms with Crippen molar-refractivity contribution in [2.24, 2.45) is 0 Å². The first-order valence-corrected chi connectivity index (χ1v) is 6.88. The molecule has 7 nitrogen and oxygen atoms in total. The van der Waals surface area contributed by atoms with E-state index in [1.807, 2.05) is 0 Å². The summed E-state index contributed by atoms with van der Waals surface area (Å²) in [7, 11) is 0. The Bertz CT molecular complexity index is 565. The average molecular weight is 283 g/mol. The van der Waals surface area contributed by atoms with Crippen LogP contribution in [0.15, 0.2) is 15.8 Å². The van der Waals surface area contributed by atoms with Gasteiger partial charge in [0.2, 0.25) is 0 Å². The molecule has 0 aliphatic carbocycles. The Morgan fingerprint density at radius 1 is 1.55 bits per heavy atom. The molecule has 3 N–H and O–H groups in total. The third kappa shape index (κ3) is 3.00. The van der Waals surface area contributed by atoms with E-state index in [0.29, 0.717) is 12.0 Å². The number of hydrogen-bond donors (Lipinski definition) is 3. The number of hydrogen-bond acceptors (Lipinski definition) is 5. The first-order chi connectivity index (χ1) is 9.56. The van der Waals surface area contributed by atoms with Crippen LogP contribution in [0.4, 0.5) is 0 Å². The molecule has 2 heterocycles. The highest BCUT2D eigenvalue weighted by molar-refractivity contribution is 5.02. The van der Waals surface area contributed by atoms with Crippen molar-refractivity contribution >= 4 is 0 Å². The summed E-state index contributed by atoms with van der Waals surface area (Å²) in [6.07, 6.45) is 2.26. The predicted molar refractivity (Wildman–Crippen MR) is 73.8 cm³/mol. The zero-order valence-corrected chi connectivity index (χ0v) is 11.8. The van der Waals surface area contributed by atoms with Crippen molar-refractivity contribution in [2.45, 2.75) is 45.1 Å². The quantitative estimate of drug-likeness (QED) is 0.676. The molecular weight excluding hydrogens is 262 g/mol. The standard InChI is InChI=1S/C13H21N3O4/c1-3-4-14-9-5-11(20-10(9)7-17)16-6-8(2)12(18)15-13(16)19/h6,9-11,14,17H,3-5,7H2,1-2H3,(H,15,18,19)/t9-,10+,11+/m0/s1. The number of H-pyrrole nitrogens is 1. The maximum Gasteiger partial charge on any atom is 0.330 e. The van der Waals surface area contributed by atoms with Crippen molar-refractivity contribution < 1.29 is 9.84 Å². The van der Waals surface area contributed by atoms with Crippen molar-refractivity contribution in [1.82, 2.24) is 14.9 Å². The van der Waals surface area contributed by atoms with Crippen molar-refractivity contribution in [3.05, 3.63) is 32.6 Å². The number of aromatic nitrogens is 2. The van der Waals surface area contributed by atoms with Crippen molar-refractivity contribution in [2.75, 3.05) is 13.2 Å². The smallest absolute Gasteiger partial charge is 0.330 e. The second-order valence-electron chi connectivity index (χ2n) is 5.09. The molecule has 0 radical (unpaired) electrons. The van der Waals surface area contributed by atoms with Crippen LogP contribution in [0.25, 0.3) is 0 Å². The fourth-order valence-corrected chi connectivity index (χ4v) is 2.42. The van der Waals surface area contributed by atoms with Gasteiger partial charge in [-0.05, 0) is 19.9 Å². The molecule has 1 aliphatic rings. The molecule has 0 saturated carbocycles. The summed E-state index contributed by atoms with van der Waals surface area (Å²) in [5, 5.41) is 12.7. The molecule has 112 valence electrons. The monoisotopic (exact) mass is 283 g/mol. The van der Waals surface area contributed by atoms with Crippen LogP contribution in [0.2, 0.25) is 0 Å². The third-order valence-electron chi connectivity index (χ3n) is 3.53. The number of aryl methyl sites for hydroxylation is 1. The van der Waals surface area contributed by atoms with E-state index in [-0.39, 0.29) is 24.3 Å². The van der Waals surface area contributed by atoms with E-state index < -0.39 is 11.9 Å². The maximum absolute atomic E-state index is 11.8. The lowest BCUT2D eigenvalue weighted by Crippen LogP contribution is -2.38. The number of nitrogens with zero attached hydrogens (tertiary/aromatic N) is 1. The van der Waals surface area contributed by atoms with Crippen LogP contribution in [0, 0.1) is 6.92 Å². The van der Waals surface area contributed by atoms with Gasteiger partial charge in [-0.1, -0.05) is 6.92 Å². The summed E-state index contributed by atoms with van der Waals surface area (Å²) in [6.45, 7) is 4.43. The van der Waals surface area contributed by atoms with Gasteiger partial charge in [0, 0.05) is 24.2 Å². The van der Waals surface area contributed by atoms with Gasteiger partial charge in [-0.15, -0.1) is 0 Å². The van der Waals surface area contributed by atoms with Gasteiger partial charge in [0.15, 0.2) is 0 Å². The summed E-state index contributed by atoms with van der Waals surface area (Å²) in [4.78, 5) is 25.5. The lowest BCUT2D eigenvalue weighted by molar-refractivity contribution is -0.0290. The van der Waals surface area contributed by atoms with Gasteiger partial charge < -0.3 is 15.2 Å². The van der Waals surface area contributed by atoms with E-state index in [1.54, 1.807) is 6.92 Å². The van der Waals surface area contributed by atoms with Gasteiger partial charge >= 0.3 is 5.69 Å². The molecule has 1 aromatic heterocycles. The Morgan fingerprint density at radius 2 is 2.30 bits per heavy atom. The van der Waals surface area contributed by atoms with Gasteiger partial charge in [-0.25, -0.2) is 4.79 Å². The summed E-state index contributed by atoms with van der Waals surface area (Å²) >= 11 is 0. The van der Waals surface area contributed by atoms with E-state index in [2.05, 4.69) is 17.2 Å². The Labute approximate surface area is 116 Å². The number of aliphatic hydroxyl groups excluding tert-OH is 1. The van der Waals surface area contributed by atoms with E-state index in [1.165, 1.54) is 10.8 Å². The van der Waals surface area contributed by atoms with Gasteiger partial charge in [0.1, 0.15) is 6.23 Å². The van der Waals surface area contributed by atoms with Crippen LogP contribution >= 0.6 is 0 Å². The van der Waals surface area contributed by atoms with E-state index >= 15 is 0 Å². The topological polar surface area (TPSA) is 96.4 Å². The molecule has 1 fully saturated rings. The Hall–Kier alpha value is -1.44. The molecule has 0 amide bonds. The third-order valence-corrected chi connectivity index (χ3v) is 3.53. The molecule has 20 heavy (non-hydrogen) atoms. The van der Waals surface area contributed by atoms with Crippen LogP contribution in [0.3, 0.4) is 0 Å². The lowest BCUT2D eigenvalue weighted by Gasteiger charge is -2.16.